The zero-order chi connectivity index (χ0) is 29.7. The van der Waals surface area contributed by atoms with Crippen molar-refractivity contribution in [3.63, 3.8) is 0 Å². The predicted octanol–water partition coefficient (Wildman–Crippen LogP) is 2.19. The van der Waals surface area contributed by atoms with Gasteiger partial charge in [0.1, 0.15) is 11.8 Å². The second-order valence-electron chi connectivity index (χ2n) is 9.88. The van der Waals surface area contributed by atoms with Crippen molar-refractivity contribution in [2.45, 2.75) is 22.7 Å². The molecule has 3 aliphatic rings. The topological polar surface area (TPSA) is 162 Å². The Hall–Kier alpha value is -4.21. The van der Waals surface area contributed by atoms with Crippen LogP contribution >= 0.6 is 23.1 Å². The van der Waals surface area contributed by atoms with Crippen LogP contribution in [0.2, 0.25) is 0 Å². The number of carbonyl (C=O) groups is 3. The maximum absolute atomic E-state index is 14.0. The van der Waals surface area contributed by atoms with Crippen molar-refractivity contribution < 1.29 is 33.9 Å². The Bertz CT molecular complexity index is 1660. The standard InChI is InChI=1S/C27H24N4O9S2/c1-39-18-12-14(2-7-17(18)32)20-21-22(25(35)30(24(21)34)15-3-5-16(6-4-15)31(37)38)41-26-23(20)42-27(36)29(26)13-19(33)28-8-10-40-11-9-28/h2-7,12,20-22,32H,8-11,13H2,1H3/t20-,21+,22-/m0/s1. The minimum absolute atomic E-state index is 0.119. The molecule has 0 bridgehead atoms. The first-order chi connectivity index (χ1) is 20.2. The molecule has 3 aliphatic heterocycles. The van der Waals surface area contributed by atoms with Gasteiger partial charge < -0.3 is 19.5 Å². The van der Waals surface area contributed by atoms with Gasteiger partial charge >= 0.3 is 4.87 Å². The summed E-state index contributed by atoms with van der Waals surface area (Å²) in [6, 6.07) is 9.73. The summed E-state index contributed by atoms with van der Waals surface area (Å²) in [5, 5.41) is 20.9. The first kappa shape index (κ1) is 27.9. The summed E-state index contributed by atoms with van der Waals surface area (Å²) in [5.41, 5.74) is 0.548. The van der Waals surface area contributed by atoms with E-state index in [1.165, 1.54) is 42.0 Å². The Balaban J connectivity index is 1.44. The highest BCUT2D eigenvalue weighted by molar-refractivity contribution is 8.00. The van der Waals surface area contributed by atoms with E-state index in [4.69, 9.17) is 9.47 Å². The number of morpholine rings is 1. The molecule has 1 aromatic heterocycles. The summed E-state index contributed by atoms with van der Waals surface area (Å²) in [7, 11) is 1.39. The molecule has 0 spiro atoms. The highest BCUT2D eigenvalue weighted by Gasteiger charge is 2.57. The maximum atomic E-state index is 14.0. The molecule has 3 atom stereocenters. The number of carbonyl (C=O) groups excluding carboxylic acids is 3. The van der Waals surface area contributed by atoms with Crippen LogP contribution in [-0.2, 0) is 25.7 Å². The summed E-state index contributed by atoms with van der Waals surface area (Å²) in [4.78, 5) is 67.6. The lowest BCUT2D eigenvalue weighted by molar-refractivity contribution is -0.384. The maximum Gasteiger partial charge on any atom is 0.308 e. The summed E-state index contributed by atoms with van der Waals surface area (Å²) in [6.45, 7) is 1.39. The van der Waals surface area contributed by atoms with Crippen molar-refractivity contribution in [3.8, 4) is 11.5 Å². The van der Waals surface area contributed by atoms with Crippen molar-refractivity contribution in [1.29, 1.82) is 0 Å². The molecule has 4 heterocycles. The normalized spacial score (nSPS) is 21.7. The fourth-order valence-corrected chi connectivity index (χ4v) is 8.30. The van der Waals surface area contributed by atoms with E-state index >= 15 is 0 Å². The number of aromatic nitrogens is 1. The van der Waals surface area contributed by atoms with Crippen LogP contribution in [0.25, 0.3) is 0 Å². The molecule has 13 nitrogen and oxygen atoms in total. The van der Waals surface area contributed by atoms with Crippen molar-refractivity contribution in [2.75, 3.05) is 38.3 Å². The number of amides is 3. The Morgan fingerprint density at radius 2 is 1.83 bits per heavy atom. The zero-order valence-electron chi connectivity index (χ0n) is 22.1. The lowest BCUT2D eigenvalue weighted by Gasteiger charge is -2.31. The number of non-ortho nitro benzene ring substituents is 1. The van der Waals surface area contributed by atoms with E-state index in [1.807, 2.05) is 0 Å². The van der Waals surface area contributed by atoms with Gasteiger partial charge in [0.2, 0.25) is 17.7 Å². The second kappa shape index (κ2) is 10.9. The fourth-order valence-electron chi connectivity index (χ4n) is 5.53. The van der Waals surface area contributed by atoms with Gasteiger partial charge in [0.25, 0.3) is 5.69 Å². The van der Waals surface area contributed by atoms with Gasteiger partial charge in [-0.15, -0.1) is 0 Å². The van der Waals surface area contributed by atoms with Crippen LogP contribution in [0.15, 0.2) is 52.3 Å². The number of phenolic OH excluding ortho intramolecular Hbond substituents is 1. The number of fused-ring (bicyclic) bond motifs is 2. The van der Waals surface area contributed by atoms with Crippen LogP contribution in [0.5, 0.6) is 11.5 Å². The molecule has 1 N–H and O–H groups in total. The number of anilines is 1. The monoisotopic (exact) mass is 612 g/mol. The Morgan fingerprint density at radius 1 is 1.12 bits per heavy atom. The molecule has 6 rings (SSSR count). The molecule has 0 aliphatic carbocycles. The van der Waals surface area contributed by atoms with Gasteiger partial charge in [-0.05, 0) is 29.8 Å². The van der Waals surface area contributed by atoms with Gasteiger partial charge in [0.15, 0.2) is 11.5 Å². The molecule has 3 amide bonds. The number of nitro groups is 1. The van der Waals surface area contributed by atoms with Gasteiger partial charge in [-0.25, -0.2) is 4.90 Å². The average Bonchev–Trinajstić information content (AvgIpc) is 3.44. The molecule has 0 unspecified atom stereocenters. The number of thioether (sulfide) groups is 1. The number of phenols is 1. The third-order valence-electron chi connectivity index (χ3n) is 7.59. The van der Waals surface area contributed by atoms with E-state index in [9.17, 15) is 34.4 Å². The van der Waals surface area contributed by atoms with E-state index in [-0.39, 0.29) is 35.3 Å². The molecule has 15 heteroatoms. The van der Waals surface area contributed by atoms with Crippen molar-refractivity contribution >= 4 is 52.2 Å². The number of ether oxygens (including phenoxy) is 2. The molecule has 42 heavy (non-hydrogen) atoms. The van der Waals surface area contributed by atoms with E-state index < -0.39 is 38.7 Å². The number of methoxy groups -OCH3 is 1. The number of benzene rings is 2. The van der Waals surface area contributed by atoms with Gasteiger partial charge in [-0.3, -0.25) is 33.9 Å². The summed E-state index contributed by atoms with van der Waals surface area (Å²) < 4.78 is 12.0. The number of thiazole rings is 1. The first-order valence-corrected chi connectivity index (χ1v) is 14.6. The highest BCUT2D eigenvalue weighted by Crippen LogP contribution is 2.54. The van der Waals surface area contributed by atoms with Gasteiger partial charge in [0.05, 0.1) is 41.9 Å². The predicted molar refractivity (Wildman–Crippen MR) is 151 cm³/mol. The molecule has 218 valence electrons. The van der Waals surface area contributed by atoms with Crippen LogP contribution in [0, 0.1) is 16.0 Å². The average molecular weight is 613 g/mol. The number of rotatable bonds is 6. The molecule has 2 saturated heterocycles. The van der Waals surface area contributed by atoms with E-state index in [0.717, 1.165) is 28.0 Å². The van der Waals surface area contributed by atoms with E-state index in [1.54, 1.807) is 17.0 Å². The molecule has 0 saturated carbocycles. The molecular formula is C27H24N4O9S2. The van der Waals surface area contributed by atoms with E-state index in [0.29, 0.717) is 41.8 Å². The van der Waals surface area contributed by atoms with Crippen LogP contribution in [0.1, 0.15) is 16.4 Å². The smallest absolute Gasteiger partial charge is 0.308 e. The number of aromatic hydroxyl groups is 1. The van der Waals surface area contributed by atoms with Crippen LogP contribution < -0.4 is 14.5 Å². The van der Waals surface area contributed by atoms with E-state index in [2.05, 4.69) is 0 Å². The SMILES string of the molecule is COc1cc([C@@H]2c3sc(=O)n(CC(=O)N4CCOCC4)c3S[C@@H]3C(=O)N(c4ccc([N+](=O)[O-])cc4)C(=O)[C@H]23)ccc1O. The van der Waals surface area contributed by atoms with Crippen molar-refractivity contribution in [3.05, 3.63) is 72.7 Å². The second-order valence-corrected chi connectivity index (χ2v) is 12.0. The summed E-state index contributed by atoms with van der Waals surface area (Å²) >= 11 is 1.98. The first-order valence-electron chi connectivity index (χ1n) is 12.9. The lowest BCUT2D eigenvalue weighted by atomic mass is 9.83. The van der Waals surface area contributed by atoms with Crippen molar-refractivity contribution in [2.24, 2.45) is 5.92 Å². The van der Waals surface area contributed by atoms with Crippen molar-refractivity contribution in [1.82, 2.24) is 9.47 Å². The third kappa shape index (κ3) is 4.62. The summed E-state index contributed by atoms with van der Waals surface area (Å²) in [6.07, 6.45) is 0. The highest BCUT2D eigenvalue weighted by atomic mass is 32.2. The number of nitrogens with zero attached hydrogens (tertiary/aromatic N) is 4. The van der Waals surface area contributed by atoms with Crippen LogP contribution in [-0.4, -0.2) is 75.9 Å². The number of nitro benzene ring substituents is 1. The van der Waals surface area contributed by atoms with Crippen LogP contribution in [0.4, 0.5) is 11.4 Å². The number of hydrogen-bond donors (Lipinski definition) is 1. The minimum atomic E-state index is -0.941. The lowest BCUT2D eigenvalue weighted by Crippen LogP contribution is -2.43. The Morgan fingerprint density at radius 3 is 2.50 bits per heavy atom. The Kier molecular flexibility index (Phi) is 7.24. The molecule has 2 aromatic carbocycles. The Labute approximate surface area is 246 Å². The van der Waals surface area contributed by atoms with Gasteiger partial charge in [-0.2, -0.15) is 0 Å². The zero-order valence-corrected chi connectivity index (χ0v) is 23.8. The molecule has 3 aromatic rings. The van der Waals surface area contributed by atoms with Crippen LogP contribution in [0.3, 0.4) is 0 Å². The molecule has 0 radical (unpaired) electrons. The third-order valence-corrected chi connectivity index (χ3v) is 10.2. The molecule has 2 fully saturated rings. The molecular weight excluding hydrogens is 588 g/mol. The fraction of sp³-hybridized carbons (Fsp3) is 0.333. The largest absolute Gasteiger partial charge is 0.504 e. The minimum Gasteiger partial charge on any atom is -0.504 e. The van der Waals surface area contributed by atoms with Gasteiger partial charge in [0, 0.05) is 36.0 Å². The summed E-state index contributed by atoms with van der Waals surface area (Å²) in [5.74, 6) is -2.97. The van der Waals surface area contributed by atoms with Gasteiger partial charge in [-0.1, -0.05) is 29.2 Å². The number of imide groups is 1. The quantitative estimate of drug-likeness (QED) is 0.248. The number of hydrogen-bond acceptors (Lipinski definition) is 11.